The summed E-state index contributed by atoms with van der Waals surface area (Å²) in [4.78, 5) is 5.90. The molecule has 0 fully saturated rings. The molecule has 0 bridgehead atoms. The van der Waals surface area contributed by atoms with Gasteiger partial charge in [0.05, 0.1) is 16.7 Å². The summed E-state index contributed by atoms with van der Waals surface area (Å²) in [6, 6.07) is 12.7. The maximum absolute atomic E-state index is 5.87. The quantitative estimate of drug-likeness (QED) is 0.566. The summed E-state index contributed by atoms with van der Waals surface area (Å²) in [7, 11) is 1.92. The van der Waals surface area contributed by atoms with Crippen LogP contribution < -0.4 is 10.1 Å². The SMILES string of the molecule is CCc1c(C)cccc1-c1cnc(-c2ccc(OC(C)C)c(NC)c2)s1. The van der Waals surface area contributed by atoms with E-state index in [1.165, 1.54) is 21.6 Å². The zero-order valence-electron chi connectivity index (χ0n) is 16.1. The van der Waals surface area contributed by atoms with Gasteiger partial charge in [-0.25, -0.2) is 4.98 Å². The van der Waals surface area contributed by atoms with Crippen molar-refractivity contribution in [2.45, 2.75) is 40.2 Å². The lowest BCUT2D eigenvalue weighted by Gasteiger charge is -2.14. The molecule has 136 valence electrons. The maximum atomic E-state index is 5.87. The monoisotopic (exact) mass is 366 g/mol. The van der Waals surface area contributed by atoms with Gasteiger partial charge in [0.15, 0.2) is 0 Å². The van der Waals surface area contributed by atoms with Crippen LogP contribution in [0.15, 0.2) is 42.6 Å². The number of aromatic nitrogens is 1. The Hall–Kier alpha value is -2.33. The minimum atomic E-state index is 0.146. The zero-order chi connectivity index (χ0) is 18.7. The number of hydrogen-bond donors (Lipinski definition) is 1. The summed E-state index contributed by atoms with van der Waals surface area (Å²) in [5.41, 5.74) is 6.13. The molecule has 0 unspecified atom stereocenters. The number of nitrogens with one attached hydrogen (secondary N) is 1. The molecule has 4 heteroatoms. The lowest BCUT2D eigenvalue weighted by Crippen LogP contribution is -2.07. The van der Waals surface area contributed by atoms with Gasteiger partial charge in [0.2, 0.25) is 0 Å². The van der Waals surface area contributed by atoms with Gasteiger partial charge >= 0.3 is 0 Å². The Kier molecular flexibility index (Phi) is 5.62. The maximum Gasteiger partial charge on any atom is 0.142 e. The Bertz CT molecular complexity index is 899. The number of rotatable bonds is 6. The number of benzene rings is 2. The third-order valence-electron chi connectivity index (χ3n) is 4.39. The van der Waals surface area contributed by atoms with Gasteiger partial charge in [-0.2, -0.15) is 0 Å². The van der Waals surface area contributed by atoms with E-state index in [2.05, 4.69) is 54.5 Å². The molecule has 0 amide bonds. The Morgan fingerprint density at radius 1 is 1.19 bits per heavy atom. The first-order valence-corrected chi connectivity index (χ1v) is 9.88. The third kappa shape index (κ3) is 3.75. The molecule has 0 radical (unpaired) electrons. The van der Waals surface area contributed by atoms with Gasteiger partial charge < -0.3 is 10.1 Å². The second-order valence-electron chi connectivity index (χ2n) is 6.61. The summed E-state index contributed by atoms with van der Waals surface area (Å²) in [6.45, 7) is 8.46. The molecule has 26 heavy (non-hydrogen) atoms. The number of ether oxygens (including phenoxy) is 1. The van der Waals surface area contributed by atoms with Crippen LogP contribution in [-0.4, -0.2) is 18.1 Å². The first-order valence-electron chi connectivity index (χ1n) is 9.07. The summed E-state index contributed by atoms with van der Waals surface area (Å²) in [5, 5.41) is 4.25. The highest BCUT2D eigenvalue weighted by molar-refractivity contribution is 7.18. The van der Waals surface area contributed by atoms with Crippen molar-refractivity contribution < 1.29 is 4.74 Å². The Labute approximate surface area is 160 Å². The van der Waals surface area contributed by atoms with Crippen molar-refractivity contribution in [2.75, 3.05) is 12.4 Å². The van der Waals surface area contributed by atoms with E-state index in [4.69, 9.17) is 4.74 Å². The molecule has 1 aromatic heterocycles. The van der Waals surface area contributed by atoms with Crippen LogP contribution in [0, 0.1) is 6.92 Å². The molecule has 2 aromatic carbocycles. The van der Waals surface area contributed by atoms with Gasteiger partial charge in [-0.05, 0) is 62.1 Å². The third-order valence-corrected chi connectivity index (χ3v) is 5.47. The fourth-order valence-electron chi connectivity index (χ4n) is 3.15. The zero-order valence-corrected chi connectivity index (χ0v) is 16.9. The second-order valence-corrected chi connectivity index (χ2v) is 7.64. The normalized spacial score (nSPS) is 11.0. The molecule has 0 aliphatic carbocycles. The standard InChI is InChI=1S/C22H26N2OS/c1-6-17-15(4)8-7-9-18(17)21-13-24-22(26-21)16-10-11-20(25-14(2)3)19(12-16)23-5/h7-14,23H,6H2,1-5H3. The smallest absolute Gasteiger partial charge is 0.142 e. The molecule has 3 aromatic rings. The van der Waals surface area contributed by atoms with Gasteiger partial charge in [-0.3, -0.25) is 0 Å². The van der Waals surface area contributed by atoms with Crippen molar-refractivity contribution >= 4 is 17.0 Å². The van der Waals surface area contributed by atoms with Gasteiger partial charge in [0.1, 0.15) is 10.8 Å². The number of hydrogen-bond acceptors (Lipinski definition) is 4. The fourth-order valence-corrected chi connectivity index (χ4v) is 4.11. The number of thiazole rings is 1. The van der Waals surface area contributed by atoms with Crippen LogP contribution in [-0.2, 0) is 6.42 Å². The van der Waals surface area contributed by atoms with E-state index in [0.717, 1.165) is 28.4 Å². The molecule has 3 rings (SSSR count). The van der Waals surface area contributed by atoms with Crippen molar-refractivity contribution in [3.05, 3.63) is 53.7 Å². The molecular formula is C22H26N2OS. The largest absolute Gasteiger partial charge is 0.489 e. The summed E-state index contributed by atoms with van der Waals surface area (Å²) < 4.78 is 5.87. The van der Waals surface area contributed by atoms with Crippen LogP contribution in [0.2, 0.25) is 0 Å². The van der Waals surface area contributed by atoms with Crippen molar-refractivity contribution in [1.82, 2.24) is 4.98 Å². The van der Waals surface area contributed by atoms with Crippen LogP contribution in [0.25, 0.3) is 21.0 Å². The minimum Gasteiger partial charge on any atom is -0.489 e. The summed E-state index contributed by atoms with van der Waals surface area (Å²) >= 11 is 1.74. The number of anilines is 1. The molecule has 0 atom stereocenters. The van der Waals surface area contributed by atoms with Crippen LogP contribution in [0.1, 0.15) is 31.9 Å². The molecule has 0 aliphatic rings. The predicted octanol–water partition coefficient (Wildman–Crippen LogP) is 6.18. The predicted molar refractivity (Wildman–Crippen MR) is 112 cm³/mol. The molecule has 3 nitrogen and oxygen atoms in total. The molecule has 1 N–H and O–H groups in total. The molecule has 1 heterocycles. The van der Waals surface area contributed by atoms with Gasteiger partial charge in [-0.15, -0.1) is 11.3 Å². The van der Waals surface area contributed by atoms with Crippen LogP contribution in [0.5, 0.6) is 5.75 Å². The number of aryl methyl sites for hydroxylation is 1. The van der Waals surface area contributed by atoms with Crippen molar-refractivity contribution in [1.29, 1.82) is 0 Å². The Morgan fingerprint density at radius 3 is 2.69 bits per heavy atom. The van der Waals surface area contributed by atoms with Crippen molar-refractivity contribution in [3.8, 4) is 26.8 Å². The molecule has 0 saturated heterocycles. The van der Waals surface area contributed by atoms with Crippen LogP contribution in [0.4, 0.5) is 5.69 Å². The average molecular weight is 367 g/mol. The molecule has 0 saturated carbocycles. The van der Waals surface area contributed by atoms with E-state index in [1.807, 2.05) is 33.2 Å². The van der Waals surface area contributed by atoms with E-state index in [1.54, 1.807) is 11.3 Å². The minimum absolute atomic E-state index is 0.146. The lowest BCUT2D eigenvalue weighted by molar-refractivity contribution is 0.244. The number of nitrogens with zero attached hydrogens (tertiary/aromatic N) is 1. The van der Waals surface area contributed by atoms with E-state index in [0.29, 0.717) is 0 Å². The van der Waals surface area contributed by atoms with Gasteiger partial charge in [0.25, 0.3) is 0 Å². The van der Waals surface area contributed by atoms with E-state index in [9.17, 15) is 0 Å². The van der Waals surface area contributed by atoms with Gasteiger partial charge in [0, 0.05) is 18.8 Å². The topological polar surface area (TPSA) is 34.1 Å². The fraction of sp³-hybridized carbons (Fsp3) is 0.318. The first kappa shape index (κ1) is 18.5. The highest BCUT2D eigenvalue weighted by Crippen LogP contribution is 2.37. The van der Waals surface area contributed by atoms with E-state index < -0.39 is 0 Å². The lowest BCUT2D eigenvalue weighted by atomic mass is 9.99. The van der Waals surface area contributed by atoms with Crippen LogP contribution in [0.3, 0.4) is 0 Å². The second kappa shape index (κ2) is 7.92. The van der Waals surface area contributed by atoms with E-state index in [-0.39, 0.29) is 6.10 Å². The molecular weight excluding hydrogens is 340 g/mol. The Balaban J connectivity index is 1.97. The first-order chi connectivity index (χ1) is 12.5. The Morgan fingerprint density at radius 2 is 2.00 bits per heavy atom. The average Bonchev–Trinajstić information content (AvgIpc) is 3.11. The van der Waals surface area contributed by atoms with Gasteiger partial charge in [-0.1, -0.05) is 25.1 Å². The molecule has 0 aliphatic heterocycles. The van der Waals surface area contributed by atoms with Crippen molar-refractivity contribution in [3.63, 3.8) is 0 Å². The van der Waals surface area contributed by atoms with Crippen LogP contribution >= 0.6 is 11.3 Å². The van der Waals surface area contributed by atoms with Crippen molar-refractivity contribution in [2.24, 2.45) is 0 Å². The highest BCUT2D eigenvalue weighted by atomic mass is 32.1. The molecule has 0 spiro atoms. The summed E-state index contributed by atoms with van der Waals surface area (Å²) in [5.74, 6) is 0.870. The van der Waals surface area contributed by atoms with E-state index >= 15 is 0 Å². The summed E-state index contributed by atoms with van der Waals surface area (Å²) in [6.07, 6.45) is 3.17. The highest BCUT2D eigenvalue weighted by Gasteiger charge is 2.13.